The summed E-state index contributed by atoms with van der Waals surface area (Å²) in [6.07, 6.45) is 2.53. The second-order valence-corrected chi connectivity index (χ2v) is 8.54. The summed E-state index contributed by atoms with van der Waals surface area (Å²) in [5, 5.41) is 9.87. The molecule has 0 aliphatic heterocycles. The zero-order valence-corrected chi connectivity index (χ0v) is 20.9. The number of carbonyl (C=O) groups excluding carboxylic acids is 1. The third kappa shape index (κ3) is 12.3. The maximum atomic E-state index is 11.8. The Bertz CT molecular complexity index is 603. The van der Waals surface area contributed by atoms with Crippen LogP contribution in [0.5, 0.6) is 0 Å². The van der Waals surface area contributed by atoms with E-state index in [0.717, 1.165) is 37.7 Å². The number of carbonyl (C=O) groups is 1. The summed E-state index contributed by atoms with van der Waals surface area (Å²) in [5.74, 6) is 0.849. The minimum atomic E-state index is -0.505. The predicted molar refractivity (Wildman–Crippen MR) is 132 cm³/mol. The number of thioether (sulfide) groups is 1. The van der Waals surface area contributed by atoms with Crippen LogP contribution in [0.3, 0.4) is 0 Å². The lowest BCUT2D eigenvalue weighted by Gasteiger charge is -2.19. The van der Waals surface area contributed by atoms with Gasteiger partial charge in [0.25, 0.3) is 0 Å². The van der Waals surface area contributed by atoms with Gasteiger partial charge < -0.3 is 15.4 Å². The van der Waals surface area contributed by atoms with Gasteiger partial charge in [0.1, 0.15) is 5.60 Å². The third-order valence-corrected chi connectivity index (χ3v) is 4.51. The van der Waals surface area contributed by atoms with Gasteiger partial charge in [0.05, 0.1) is 6.54 Å². The first-order valence-corrected chi connectivity index (χ1v) is 10.7. The maximum absolute atomic E-state index is 11.8. The number of anilines is 1. The highest BCUT2D eigenvalue weighted by Gasteiger charge is 2.16. The van der Waals surface area contributed by atoms with Crippen molar-refractivity contribution < 1.29 is 9.53 Å². The van der Waals surface area contributed by atoms with Gasteiger partial charge in [-0.2, -0.15) is 11.8 Å². The molecule has 0 saturated carbocycles. The molecule has 1 atom stereocenters. The van der Waals surface area contributed by atoms with E-state index in [1.54, 1.807) is 0 Å². The number of hydrogen-bond donors (Lipinski definition) is 3. The van der Waals surface area contributed by atoms with E-state index in [-0.39, 0.29) is 24.0 Å². The van der Waals surface area contributed by atoms with Crippen LogP contribution in [0.1, 0.15) is 40.2 Å². The molecule has 1 aromatic rings. The molecule has 0 saturated heterocycles. The summed E-state index contributed by atoms with van der Waals surface area (Å²) >= 11 is 1.81. The minimum Gasteiger partial charge on any atom is -0.444 e. The second-order valence-electron chi connectivity index (χ2n) is 7.27. The van der Waals surface area contributed by atoms with Crippen molar-refractivity contribution in [2.45, 2.75) is 51.9 Å². The molecule has 1 amide bonds. The largest absolute Gasteiger partial charge is 0.444 e. The predicted octanol–water partition coefficient (Wildman–Crippen LogP) is 4.50. The van der Waals surface area contributed by atoms with Crippen LogP contribution in [0.25, 0.3) is 0 Å². The number of ether oxygens (including phenoxy) is 1. The van der Waals surface area contributed by atoms with Crippen molar-refractivity contribution in [2.75, 3.05) is 31.2 Å². The molecule has 28 heavy (non-hydrogen) atoms. The molecule has 0 spiro atoms. The molecule has 1 unspecified atom stereocenters. The van der Waals surface area contributed by atoms with Crippen LogP contribution in [0.15, 0.2) is 29.3 Å². The SMILES string of the molecule is CCNC(=NCC(C)SC)NCCc1ccc(NC(=O)OC(C)(C)C)cc1.I. The summed E-state index contributed by atoms with van der Waals surface area (Å²) in [5.41, 5.74) is 1.40. The van der Waals surface area contributed by atoms with Gasteiger partial charge in [-0.05, 0) is 58.1 Å². The summed E-state index contributed by atoms with van der Waals surface area (Å²) in [7, 11) is 0. The van der Waals surface area contributed by atoms with Crippen LogP contribution >= 0.6 is 35.7 Å². The van der Waals surface area contributed by atoms with Crippen molar-refractivity contribution >= 4 is 53.5 Å². The van der Waals surface area contributed by atoms with Crippen LogP contribution in [0, 0.1) is 0 Å². The quantitative estimate of drug-likeness (QED) is 0.266. The van der Waals surface area contributed by atoms with Crippen LogP contribution in [0.2, 0.25) is 0 Å². The Morgan fingerprint density at radius 3 is 2.39 bits per heavy atom. The lowest BCUT2D eigenvalue weighted by Crippen LogP contribution is -2.38. The summed E-state index contributed by atoms with van der Waals surface area (Å²) in [6, 6.07) is 7.79. The molecule has 0 aromatic heterocycles. The fraction of sp³-hybridized carbons (Fsp3) is 0.600. The first-order valence-electron chi connectivity index (χ1n) is 9.37. The molecule has 0 aliphatic carbocycles. The summed E-state index contributed by atoms with van der Waals surface area (Å²) in [4.78, 5) is 16.4. The number of rotatable bonds is 8. The fourth-order valence-corrected chi connectivity index (χ4v) is 2.36. The molecular weight excluding hydrogens is 487 g/mol. The van der Waals surface area contributed by atoms with Gasteiger partial charge >= 0.3 is 6.09 Å². The standard InChI is InChI=1S/C20H34N4O2S.HI/c1-7-21-18(23-14-15(2)27-6)22-13-12-16-8-10-17(11-9-16)24-19(25)26-20(3,4)5;/h8-11,15H,7,12-14H2,1-6H3,(H,24,25)(H2,21,22,23);1H. The molecule has 3 N–H and O–H groups in total. The molecule has 0 fully saturated rings. The van der Waals surface area contributed by atoms with Crippen molar-refractivity contribution in [3.8, 4) is 0 Å². The number of halogens is 1. The summed E-state index contributed by atoms with van der Waals surface area (Å²) in [6.45, 7) is 12.2. The number of amides is 1. The second kappa shape index (κ2) is 13.9. The topological polar surface area (TPSA) is 74.8 Å². The number of nitrogens with zero attached hydrogens (tertiary/aromatic N) is 1. The van der Waals surface area contributed by atoms with Crippen molar-refractivity contribution in [2.24, 2.45) is 4.99 Å². The molecule has 8 heteroatoms. The van der Waals surface area contributed by atoms with Gasteiger partial charge in [-0.1, -0.05) is 19.1 Å². The van der Waals surface area contributed by atoms with Crippen molar-refractivity contribution in [3.05, 3.63) is 29.8 Å². The van der Waals surface area contributed by atoms with E-state index in [2.05, 4.69) is 41.0 Å². The van der Waals surface area contributed by atoms with Crippen LogP contribution < -0.4 is 16.0 Å². The average molecular weight is 522 g/mol. The van der Waals surface area contributed by atoms with E-state index in [1.807, 2.05) is 56.8 Å². The van der Waals surface area contributed by atoms with Gasteiger partial charge in [0.2, 0.25) is 0 Å². The van der Waals surface area contributed by atoms with Gasteiger partial charge in [0.15, 0.2) is 5.96 Å². The Hall–Kier alpha value is -1.16. The smallest absolute Gasteiger partial charge is 0.412 e. The van der Waals surface area contributed by atoms with Crippen molar-refractivity contribution in [3.63, 3.8) is 0 Å². The number of benzene rings is 1. The van der Waals surface area contributed by atoms with Crippen LogP contribution in [0.4, 0.5) is 10.5 Å². The number of guanidine groups is 1. The van der Waals surface area contributed by atoms with Gasteiger partial charge in [-0.15, -0.1) is 24.0 Å². The Kier molecular flexibility index (Phi) is 13.3. The van der Waals surface area contributed by atoms with E-state index in [1.165, 1.54) is 5.56 Å². The Labute approximate surface area is 191 Å². The molecule has 1 aromatic carbocycles. The highest BCUT2D eigenvalue weighted by molar-refractivity contribution is 14.0. The zero-order valence-electron chi connectivity index (χ0n) is 17.8. The first-order chi connectivity index (χ1) is 12.7. The van der Waals surface area contributed by atoms with E-state index in [4.69, 9.17) is 4.74 Å². The average Bonchev–Trinajstić information content (AvgIpc) is 2.59. The molecular formula is C20H35IN4O2S. The molecule has 0 bridgehead atoms. The number of aliphatic imine (C=N–C) groups is 1. The molecule has 0 radical (unpaired) electrons. The van der Waals surface area contributed by atoms with Crippen molar-refractivity contribution in [1.29, 1.82) is 0 Å². The first kappa shape index (κ1) is 26.8. The van der Waals surface area contributed by atoms with E-state index < -0.39 is 11.7 Å². The highest BCUT2D eigenvalue weighted by Crippen LogP contribution is 2.13. The van der Waals surface area contributed by atoms with Crippen molar-refractivity contribution in [1.82, 2.24) is 10.6 Å². The van der Waals surface area contributed by atoms with E-state index >= 15 is 0 Å². The van der Waals surface area contributed by atoms with E-state index in [0.29, 0.717) is 5.25 Å². The lowest BCUT2D eigenvalue weighted by atomic mass is 10.1. The third-order valence-electron chi connectivity index (χ3n) is 3.56. The van der Waals surface area contributed by atoms with E-state index in [9.17, 15) is 4.79 Å². The summed E-state index contributed by atoms with van der Waals surface area (Å²) < 4.78 is 5.25. The monoisotopic (exact) mass is 522 g/mol. The minimum absolute atomic E-state index is 0. The molecule has 160 valence electrons. The molecule has 1 rings (SSSR count). The normalized spacial score (nSPS) is 12.6. The number of nitrogens with one attached hydrogen (secondary N) is 3. The Morgan fingerprint density at radius 1 is 1.21 bits per heavy atom. The van der Waals surface area contributed by atoms with Gasteiger partial charge in [-0.3, -0.25) is 10.3 Å². The maximum Gasteiger partial charge on any atom is 0.412 e. The zero-order chi connectivity index (χ0) is 20.3. The Balaban J connectivity index is 0.00000729. The number of hydrogen-bond acceptors (Lipinski definition) is 4. The lowest BCUT2D eigenvalue weighted by molar-refractivity contribution is 0.0636. The molecule has 0 heterocycles. The van der Waals surface area contributed by atoms with Gasteiger partial charge in [-0.25, -0.2) is 4.79 Å². The molecule has 0 aliphatic rings. The Morgan fingerprint density at radius 2 is 1.86 bits per heavy atom. The van der Waals surface area contributed by atoms with Gasteiger partial charge in [0, 0.05) is 24.0 Å². The highest BCUT2D eigenvalue weighted by atomic mass is 127. The van der Waals surface area contributed by atoms with Crippen LogP contribution in [-0.2, 0) is 11.2 Å². The molecule has 6 nitrogen and oxygen atoms in total. The van der Waals surface area contributed by atoms with Crippen LogP contribution in [-0.4, -0.2) is 48.8 Å². The fourth-order valence-electron chi connectivity index (χ4n) is 2.14.